The van der Waals surface area contributed by atoms with Crippen LogP contribution in [-0.2, 0) is 33.2 Å². The second-order valence-electron chi connectivity index (χ2n) is 7.82. The van der Waals surface area contributed by atoms with E-state index < -0.39 is 17.3 Å². The van der Waals surface area contributed by atoms with Gasteiger partial charge in [-0.25, -0.2) is 0 Å². The number of amides is 1. The second kappa shape index (κ2) is 7.69. The fourth-order valence-electron chi connectivity index (χ4n) is 4.29. The number of rotatable bonds is 8. The summed E-state index contributed by atoms with van der Waals surface area (Å²) in [5, 5.41) is 2.91. The average molecular weight is 373 g/mol. The molecule has 0 aliphatic carbocycles. The number of hydrogen-bond donors (Lipinski definition) is 1. The van der Waals surface area contributed by atoms with Crippen molar-refractivity contribution < 1.29 is 33.2 Å². The molecule has 1 amide bonds. The minimum Gasteiger partial charge on any atom is -0.382 e. The molecule has 0 spiro atoms. The Balaban J connectivity index is 1.49. The molecule has 8 heteroatoms. The van der Waals surface area contributed by atoms with Crippen LogP contribution in [-0.4, -0.2) is 88.2 Å². The Labute approximate surface area is 154 Å². The average Bonchev–Trinajstić information content (AvgIpc) is 3.19. The van der Waals surface area contributed by atoms with Gasteiger partial charge in [0.05, 0.1) is 37.6 Å². The third-order valence-corrected chi connectivity index (χ3v) is 5.42. The van der Waals surface area contributed by atoms with Crippen LogP contribution in [0.5, 0.6) is 0 Å². The molecule has 150 valence electrons. The molecule has 3 aliphatic rings. The maximum atomic E-state index is 12.8. The van der Waals surface area contributed by atoms with Crippen LogP contribution in [0.15, 0.2) is 0 Å². The highest BCUT2D eigenvalue weighted by Gasteiger charge is 2.68. The first kappa shape index (κ1) is 20.0. The van der Waals surface area contributed by atoms with Crippen molar-refractivity contribution in [1.29, 1.82) is 0 Å². The third kappa shape index (κ3) is 3.50. The lowest BCUT2D eigenvalue weighted by atomic mass is 9.94. The summed E-state index contributed by atoms with van der Waals surface area (Å²) in [5.74, 6) is -0.217. The standard InChI is InChI=1S/C18H31NO7/c1-11-8-12(13(25-11)9-21-4)23-7-6-19-16(20)18-10-24-14(15(18)22-5)17(2,3)26-18/h11-15H,6-10H2,1-5H3,(H,19,20)/t11-,12?,13+,14-,15?,18-/m0/s1. The quantitative estimate of drug-likeness (QED) is 0.612. The van der Waals surface area contributed by atoms with E-state index in [1.807, 2.05) is 20.8 Å². The van der Waals surface area contributed by atoms with E-state index in [0.717, 1.165) is 6.42 Å². The smallest absolute Gasteiger partial charge is 0.257 e. The number of carbonyl (C=O) groups excluding carboxylic acids is 1. The fourth-order valence-corrected chi connectivity index (χ4v) is 4.29. The lowest BCUT2D eigenvalue weighted by molar-refractivity contribution is -0.194. The van der Waals surface area contributed by atoms with Crippen molar-refractivity contribution in [3.8, 4) is 0 Å². The predicted octanol–water partition coefficient (Wildman–Crippen LogP) is 0.273. The number of fused-ring (bicyclic) bond motifs is 2. The second-order valence-corrected chi connectivity index (χ2v) is 7.82. The molecule has 0 saturated carbocycles. The predicted molar refractivity (Wildman–Crippen MR) is 92.0 cm³/mol. The molecule has 3 rings (SSSR count). The number of carbonyl (C=O) groups is 1. The van der Waals surface area contributed by atoms with Gasteiger partial charge >= 0.3 is 0 Å². The number of nitrogens with one attached hydrogen (secondary N) is 1. The number of hydrogen-bond acceptors (Lipinski definition) is 7. The molecule has 0 aromatic carbocycles. The Kier molecular flexibility index (Phi) is 5.91. The van der Waals surface area contributed by atoms with Crippen molar-refractivity contribution >= 4 is 5.91 Å². The van der Waals surface area contributed by atoms with E-state index in [0.29, 0.717) is 19.8 Å². The molecule has 8 nitrogen and oxygen atoms in total. The first-order valence-electron chi connectivity index (χ1n) is 9.23. The summed E-state index contributed by atoms with van der Waals surface area (Å²) in [5.41, 5.74) is -1.65. The first-order valence-corrected chi connectivity index (χ1v) is 9.23. The molecular weight excluding hydrogens is 342 g/mol. The Bertz CT molecular complexity index is 514. The van der Waals surface area contributed by atoms with Gasteiger partial charge in [0.2, 0.25) is 0 Å². The largest absolute Gasteiger partial charge is 0.382 e. The van der Waals surface area contributed by atoms with Gasteiger partial charge in [-0.3, -0.25) is 4.79 Å². The van der Waals surface area contributed by atoms with Gasteiger partial charge in [-0.2, -0.15) is 0 Å². The zero-order valence-electron chi connectivity index (χ0n) is 16.3. The van der Waals surface area contributed by atoms with Crippen molar-refractivity contribution in [3.05, 3.63) is 0 Å². The van der Waals surface area contributed by atoms with Gasteiger partial charge in [0.25, 0.3) is 5.91 Å². The highest BCUT2D eigenvalue weighted by atomic mass is 16.7. The van der Waals surface area contributed by atoms with Crippen LogP contribution < -0.4 is 5.32 Å². The van der Waals surface area contributed by atoms with E-state index in [2.05, 4.69) is 5.32 Å². The van der Waals surface area contributed by atoms with Gasteiger partial charge < -0.3 is 33.7 Å². The summed E-state index contributed by atoms with van der Waals surface area (Å²) in [6.07, 6.45) is 0.232. The molecule has 0 aromatic rings. The zero-order valence-corrected chi connectivity index (χ0v) is 16.3. The van der Waals surface area contributed by atoms with Crippen molar-refractivity contribution in [2.24, 2.45) is 0 Å². The van der Waals surface area contributed by atoms with E-state index in [9.17, 15) is 4.79 Å². The topological polar surface area (TPSA) is 84.5 Å². The number of ether oxygens (including phenoxy) is 6. The Morgan fingerprint density at radius 3 is 2.73 bits per heavy atom. The van der Waals surface area contributed by atoms with Crippen LogP contribution in [0.2, 0.25) is 0 Å². The SMILES string of the molecule is COC[C@H]1O[C@@H](C)CC1OCCNC(=O)[C@]12CO[C@@H](C1OC)C(C)(C)O2. The third-order valence-electron chi connectivity index (χ3n) is 5.42. The van der Waals surface area contributed by atoms with E-state index >= 15 is 0 Å². The monoisotopic (exact) mass is 373 g/mol. The maximum Gasteiger partial charge on any atom is 0.257 e. The molecule has 6 atom stereocenters. The molecule has 2 bridgehead atoms. The Morgan fingerprint density at radius 2 is 2.08 bits per heavy atom. The lowest BCUT2D eigenvalue weighted by Crippen LogP contribution is -2.56. The Hall–Kier alpha value is -0.770. The summed E-state index contributed by atoms with van der Waals surface area (Å²) >= 11 is 0. The van der Waals surface area contributed by atoms with Crippen LogP contribution in [0.25, 0.3) is 0 Å². The minimum absolute atomic E-state index is 0.0207. The summed E-state index contributed by atoms with van der Waals surface area (Å²) in [6, 6.07) is 0. The molecule has 1 N–H and O–H groups in total. The first-order chi connectivity index (χ1) is 12.3. The Morgan fingerprint density at radius 1 is 1.31 bits per heavy atom. The van der Waals surface area contributed by atoms with Gasteiger partial charge in [0, 0.05) is 27.2 Å². The maximum absolute atomic E-state index is 12.8. The van der Waals surface area contributed by atoms with E-state index in [-0.39, 0.29) is 36.9 Å². The molecular formula is C18H31NO7. The molecule has 0 aromatic heterocycles. The van der Waals surface area contributed by atoms with Crippen LogP contribution in [0, 0.1) is 0 Å². The van der Waals surface area contributed by atoms with Crippen LogP contribution in [0.1, 0.15) is 27.2 Å². The van der Waals surface area contributed by atoms with Crippen LogP contribution in [0.4, 0.5) is 0 Å². The van der Waals surface area contributed by atoms with E-state index in [4.69, 9.17) is 28.4 Å². The van der Waals surface area contributed by atoms with Gasteiger partial charge in [-0.15, -0.1) is 0 Å². The minimum atomic E-state index is -1.09. The summed E-state index contributed by atoms with van der Waals surface area (Å²) in [4.78, 5) is 12.8. The van der Waals surface area contributed by atoms with E-state index in [1.54, 1.807) is 14.2 Å². The molecule has 2 unspecified atom stereocenters. The molecule has 3 aliphatic heterocycles. The molecule has 3 heterocycles. The van der Waals surface area contributed by atoms with Crippen LogP contribution in [0.3, 0.4) is 0 Å². The van der Waals surface area contributed by atoms with Gasteiger partial charge in [0.15, 0.2) is 5.60 Å². The highest BCUT2D eigenvalue weighted by molar-refractivity contribution is 5.87. The highest BCUT2D eigenvalue weighted by Crippen LogP contribution is 2.47. The van der Waals surface area contributed by atoms with Crippen molar-refractivity contribution in [2.75, 3.05) is 40.6 Å². The summed E-state index contributed by atoms with van der Waals surface area (Å²) in [7, 11) is 3.23. The molecule has 0 radical (unpaired) electrons. The lowest BCUT2D eigenvalue weighted by Gasteiger charge is -2.34. The van der Waals surface area contributed by atoms with Gasteiger partial charge in [-0.1, -0.05) is 0 Å². The van der Waals surface area contributed by atoms with Crippen molar-refractivity contribution in [2.45, 2.75) is 68.9 Å². The molecule has 3 saturated heterocycles. The number of methoxy groups -OCH3 is 2. The van der Waals surface area contributed by atoms with E-state index in [1.165, 1.54) is 0 Å². The van der Waals surface area contributed by atoms with Gasteiger partial charge in [0.1, 0.15) is 18.3 Å². The summed E-state index contributed by atoms with van der Waals surface area (Å²) in [6.45, 7) is 7.34. The zero-order chi connectivity index (χ0) is 18.9. The molecule has 3 fully saturated rings. The summed E-state index contributed by atoms with van der Waals surface area (Å²) < 4.78 is 34.2. The fraction of sp³-hybridized carbons (Fsp3) is 0.944. The molecule has 26 heavy (non-hydrogen) atoms. The van der Waals surface area contributed by atoms with Crippen LogP contribution >= 0.6 is 0 Å². The normalized spacial score (nSPS) is 40.9. The van der Waals surface area contributed by atoms with Crippen molar-refractivity contribution in [3.63, 3.8) is 0 Å². The van der Waals surface area contributed by atoms with Crippen molar-refractivity contribution in [1.82, 2.24) is 5.32 Å². The van der Waals surface area contributed by atoms with Gasteiger partial charge in [-0.05, 0) is 20.8 Å².